The lowest BCUT2D eigenvalue weighted by atomic mass is 9.94. The van der Waals surface area contributed by atoms with Gasteiger partial charge < -0.3 is 10.1 Å². The summed E-state index contributed by atoms with van der Waals surface area (Å²) in [5.41, 5.74) is 2.85. The third-order valence-electron chi connectivity index (χ3n) is 5.27. The van der Waals surface area contributed by atoms with E-state index in [-0.39, 0.29) is 12.4 Å². The van der Waals surface area contributed by atoms with Gasteiger partial charge in [0.25, 0.3) is 0 Å². The third-order valence-corrected chi connectivity index (χ3v) is 5.27. The maximum Gasteiger partial charge on any atom is 0.179 e. The zero-order valence-electron chi connectivity index (χ0n) is 16.7. The molecule has 0 radical (unpaired) electrons. The first-order valence-electron chi connectivity index (χ1n) is 9.82. The Morgan fingerprint density at radius 3 is 2.83 bits per heavy atom. The van der Waals surface area contributed by atoms with E-state index in [4.69, 9.17) is 4.74 Å². The Bertz CT molecular complexity index is 971. The van der Waals surface area contributed by atoms with Crippen LogP contribution in [0.2, 0.25) is 0 Å². The van der Waals surface area contributed by atoms with Gasteiger partial charge in [0.1, 0.15) is 6.33 Å². The quantitative estimate of drug-likeness (QED) is 0.574. The van der Waals surface area contributed by atoms with Gasteiger partial charge in [-0.25, -0.2) is 9.97 Å². The summed E-state index contributed by atoms with van der Waals surface area (Å²) in [5, 5.41) is 6.01. The summed E-state index contributed by atoms with van der Waals surface area (Å²) in [4.78, 5) is 10.7. The highest BCUT2D eigenvalue weighted by Crippen LogP contribution is 2.29. The average Bonchev–Trinajstić information content (AvgIpc) is 2.77. The minimum absolute atomic E-state index is 0. The Balaban J connectivity index is 0.00000240. The van der Waals surface area contributed by atoms with Crippen molar-refractivity contribution in [2.45, 2.75) is 12.8 Å². The van der Waals surface area contributed by atoms with Gasteiger partial charge in [-0.05, 0) is 34.8 Å². The molecule has 1 aliphatic rings. The summed E-state index contributed by atoms with van der Waals surface area (Å²) < 4.78 is 5.27. The highest BCUT2D eigenvalue weighted by atomic mass is 35.5. The van der Waals surface area contributed by atoms with E-state index in [2.05, 4.69) is 68.7 Å². The smallest absolute Gasteiger partial charge is 0.179 e. The van der Waals surface area contributed by atoms with E-state index < -0.39 is 0 Å². The average molecular weight is 411 g/mol. The molecule has 0 saturated heterocycles. The van der Waals surface area contributed by atoms with Crippen LogP contribution in [0.25, 0.3) is 16.3 Å². The zero-order chi connectivity index (χ0) is 19.2. The van der Waals surface area contributed by atoms with Crippen molar-refractivity contribution in [2.75, 3.05) is 38.6 Å². The molecule has 29 heavy (non-hydrogen) atoms. The SMILES string of the molecule is COc1cncnc1NCCCN1CC=C(c2cccc3ccccc23)CC1.Cl. The number of halogens is 1. The van der Waals surface area contributed by atoms with Gasteiger partial charge in [-0.2, -0.15) is 0 Å². The number of ether oxygens (including phenoxy) is 1. The second kappa shape index (κ2) is 10.2. The molecule has 2 aromatic carbocycles. The van der Waals surface area contributed by atoms with Crippen LogP contribution in [0.1, 0.15) is 18.4 Å². The number of aromatic nitrogens is 2. The lowest BCUT2D eigenvalue weighted by Crippen LogP contribution is -2.30. The summed E-state index contributed by atoms with van der Waals surface area (Å²) in [7, 11) is 1.64. The monoisotopic (exact) mass is 410 g/mol. The molecule has 0 spiro atoms. The second-order valence-corrected chi connectivity index (χ2v) is 7.03. The molecule has 0 aliphatic carbocycles. The minimum Gasteiger partial charge on any atom is -0.491 e. The van der Waals surface area contributed by atoms with Crippen LogP contribution in [-0.2, 0) is 0 Å². The molecule has 3 aromatic rings. The molecule has 1 N–H and O–H groups in total. The number of hydrogen-bond acceptors (Lipinski definition) is 5. The summed E-state index contributed by atoms with van der Waals surface area (Å²) in [6.07, 6.45) is 7.77. The fourth-order valence-electron chi connectivity index (χ4n) is 3.77. The van der Waals surface area contributed by atoms with Crippen LogP contribution in [0.4, 0.5) is 5.82 Å². The van der Waals surface area contributed by atoms with Gasteiger partial charge in [-0.15, -0.1) is 12.4 Å². The van der Waals surface area contributed by atoms with Crippen LogP contribution in [-0.4, -0.2) is 48.2 Å². The van der Waals surface area contributed by atoms with Crippen LogP contribution in [0.15, 0.2) is 61.1 Å². The summed E-state index contributed by atoms with van der Waals surface area (Å²) in [5.74, 6) is 1.44. The summed E-state index contributed by atoms with van der Waals surface area (Å²) in [6.45, 7) is 4.05. The highest BCUT2D eigenvalue weighted by molar-refractivity contribution is 5.94. The van der Waals surface area contributed by atoms with Gasteiger partial charge in [-0.3, -0.25) is 4.90 Å². The highest BCUT2D eigenvalue weighted by Gasteiger charge is 2.14. The van der Waals surface area contributed by atoms with Crippen LogP contribution >= 0.6 is 12.4 Å². The second-order valence-electron chi connectivity index (χ2n) is 7.03. The molecule has 1 aliphatic heterocycles. The maximum atomic E-state index is 5.27. The molecule has 4 rings (SSSR count). The van der Waals surface area contributed by atoms with Crippen molar-refractivity contribution >= 4 is 34.6 Å². The van der Waals surface area contributed by atoms with E-state index in [9.17, 15) is 0 Å². The van der Waals surface area contributed by atoms with Crippen molar-refractivity contribution in [3.63, 3.8) is 0 Å². The third kappa shape index (κ3) is 5.05. The van der Waals surface area contributed by atoms with Crippen molar-refractivity contribution < 1.29 is 4.74 Å². The fraction of sp³-hybridized carbons (Fsp3) is 0.304. The predicted molar refractivity (Wildman–Crippen MR) is 122 cm³/mol. The molecule has 0 amide bonds. The first-order valence-corrected chi connectivity index (χ1v) is 9.82. The van der Waals surface area contributed by atoms with Crippen LogP contribution < -0.4 is 10.1 Å². The van der Waals surface area contributed by atoms with Crippen LogP contribution in [0.3, 0.4) is 0 Å². The summed E-state index contributed by atoms with van der Waals surface area (Å²) in [6, 6.07) is 15.3. The minimum atomic E-state index is 0. The lowest BCUT2D eigenvalue weighted by molar-refractivity contribution is 0.301. The van der Waals surface area contributed by atoms with Crippen molar-refractivity contribution in [2.24, 2.45) is 0 Å². The maximum absolute atomic E-state index is 5.27. The van der Waals surface area contributed by atoms with Gasteiger partial charge in [0.05, 0.1) is 13.3 Å². The Morgan fingerprint density at radius 1 is 1.14 bits per heavy atom. The number of rotatable bonds is 7. The van der Waals surface area contributed by atoms with Crippen molar-refractivity contribution in [1.82, 2.24) is 14.9 Å². The number of hydrogen-bond donors (Lipinski definition) is 1. The van der Waals surface area contributed by atoms with E-state index in [0.29, 0.717) is 5.75 Å². The molecule has 6 heteroatoms. The molecule has 5 nitrogen and oxygen atoms in total. The van der Waals surface area contributed by atoms with Gasteiger partial charge in [0.15, 0.2) is 11.6 Å². The lowest BCUT2D eigenvalue weighted by Gasteiger charge is -2.27. The van der Waals surface area contributed by atoms with Crippen LogP contribution in [0.5, 0.6) is 5.75 Å². The Kier molecular flexibility index (Phi) is 7.44. The van der Waals surface area contributed by atoms with Gasteiger partial charge in [-0.1, -0.05) is 48.5 Å². The van der Waals surface area contributed by atoms with E-state index in [1.54, 1.807) is 13.3 Å². The molecule has 0 atom stereocenters. The molecular formula is C23H27ClN4O. The topological polar surface area (TPSA) is 50.3 Å². The first kappa shape index (κ1) is 21.1. The largest absolute Gasteiger partial charge is 0.491 e. The molecule has 1 aromatic heterocycles. The number of benzene rings is 2. The zero-order valence-corrected chi connectivity index (χ0v) is 17.5. The number of nitrogens with zero attached hydrogens (tertiary/aromatic N) is 3. The van der Waals surface area contributed by atoms with E-state index in [1.807, 2.05) is 0 Å². The number of anilines is 1. The number of fused-ring (bicyclic) bond motifs is 1. The molecule has 0 bridgehead atoms. The van der Waals surface area contributed by atoms with Crippen molar-refractivity contribution in [3.05, 3.63) is 66.6 Å². The molecule has 0 saturated carbocycles. The Morgan fingerprint density at radius 2 is 2.00 bits per heavy atom. The Hall–Kier alpha value is -2.63. The van der Waals surface area contributed by atoms with E-state index in [0.717, 1.165) is 44.8 Å². The molecule has 0 fully saturated rings. The van der Waals surface area contributed by atoms with Crippen LogP contribution in [0, 0.1) is 0 Å². The number of methoxy groups -OCH3 is 1. The molecule has 0 unspecified atom stereocenters. The van der Waals surface area contributed by atoms with E-state index >= 15 is 0 Å². The van der Waals surface area contributed by atoms with Gasteiger partial charge in [0, 0.05) is 26.2 Å². The molecule has 2 heterocycles. The predicted octanol–water partition coefficient (Wildman–Crippen LogP) is 4.65. The standard InChI is InChI=1S/C23H26N4O.ClH/c1-28-22-16-24-17-26-23(22)25-12-5-13-27-14-10-19(11-15-27)21-9-4-7-18-6-2-3-8-20(18)21;/h2-4,6-10,16-17H,5,11-15H2,1H3,(H,24,25,26);1H. The first-order chi connectivity index (χ1) is 13.8. The van der Waals surface area contributed by atoms with Crippen molar-refractivity contribution in [1.29, 1.82) is 0 Å². The normalized spacial score (nSPS) is 14.2. The van der Waals surface area contributed by atoms with Gasteiger partial charge >= 0.3 is 0 Å². The molecule has 152 valence electrons. The molecular weight excluding hydrogens is 384 g/mol. The number of nitrogens with one attached hydrogen (secondary N) is 1. The Labute approximate surface area is 178 Å². The summed E-state index contributed by atoms with van der Waals surface area (Å²) >= 11 is 0. The van der Waals surface area contributed by atoms with Crippen molar-refractivity contribution in [3.8, 4) is 5.75 Å². The van der Waals surface area contributed by atoms with E-state index in [1.165, 1.54) is 28.2 Å². The van der Waals surface area contributed by atoms with Gasteiger partial charge in [0.2, 0.25) is 0 Å². The fourth-order valence-corrected chi connectivity index (χ4v) is 3.77.